The molecule has 1 aliphatic rings. The molecule has 0 radical (unpaired) electrons. The van der Waals surface area contributed by atoms with Crippen molar-refractivity contribution in [3.05, 3.63) is 35.9 Å². The van der Waals surface area contributed by atoms with Crippen molar-refractivity contribution >= 4 is 71.6 Å². The lowest BCUT2D eigenvalue weighted by atomic mass is 9.89. The molecule has 1 saturated carbocycles. The second kappa shape index (κ2) is 62.5. The molecule has 89 heavy (non-hydrogen) atoms. The van der Waals surface area contributed by atoms with Gasteiger partial charge in [-0.05, 0) is 84.3 Å². The van der Waals surface area contributed by atoms with Crippen LogP contribution in [0.1, 0.15) is 262 Å². The van der Waals surface area contributed by atoms with E-state index >= 15 is 0 Å². The summed E-state index contributed by atoms with van der Waals surface area (Å²) in [7, 11) is 0. The first-order chi connectivity index (χ1) is 41.8. The van der Waals surface area contributed by atoms with Gasteiger partial charge in [0.05, 0.1) is 22.8 Å². The lowest BCUT2D eigenvalue weighted by molar-refractivity contribution is -0.174. The number of esters is 12. The van der Waals surface area contributed by atoms with Crippen LogP contribution in [-0.4, -0.2) is 112 Å². The first kappa shape index (κ1) is 90.6. The standard InChI is InChI=1S/C13H22O4.C13H16O4.C11H20O4.C10H18O4.C9H16O4.C8H14O4.CH4/c2*1-2-3-9-12(14)16-10-17-13(15)11-7-5-4-6-8-11;1-5-6-7-9(12)14-8-15-10(13)11(2,3)4;1-4-5-6-9(11)13-7-14-10(12)8(2)3;1-3-5-6-9(11)13-7-12-8(10)4-2;1-3-4-5-8(10)12-6-11-7(2)9;/h11H,2-10H2,1H3;4-8H,2-3,9-10H2,1H3;5-8H2,1-4H3;8H,4-7H2,1-3H3;3-7H2,1-2H3;3-6H2,1-2H3;1H4. The van der Waals surface area contributed by atoms with Crippen LogP contribution in [-0.2, 0) is 110 Å². The molecule has 0 saturated heterocycles. The van der Waals surface area contributed by atoms with Crippen LogP contribution in [0.4, 0.5) is 0 Å². The van der Waals surface area contributed by atoms with E-state index in [2.05, 4.69) is 28.4 Å². The lowest BCUT2D eigenvalue weighted by Crippen LogP contribution is -2.24. The summed E-state index contributed by atoms with van der Waals surface area (Å²) in [6, 6.07) is 8.57. The third-order valence-electron chi connectivity index (χ3n) is 11.3. The van der Waals surface area contributed by atoms with Gasteiger partial charge in [0.2, 0.25) is 40.8 Å². The predicted molar refractivity (Wildman–Crippen MR) is 329 cm³/mol. The zero-order chi connectivity index (χ0) is 67.4. The van der Waals surface area contributed by atoms with Gasteiger partial charge in [-0.1, -0.05) is 146 Å². The van der Waals surface area contributed by atoms with E-state index in [1.54, 1.807) is 65.8 Å². The smallest absolute Gasteiger partial charge is 0.340 e. The van der Waals surface area contributed by atoms with Crippen molar-refractivity contribution in [2.75, 3.05) is 40.8 Å². The highest BCUT2D eigenvalue weighted by Gasteiger charge is 2.24. The number of benzene rings is 1. The molecule has 0 bridgehead atoms. The second-order valence-corrected chi connectivity index (χ2v) is 20.8. The maximum atomic E-state index is 11.6. The monoisotopic (exact) mass is 1270 g/mol. The Balaban J connectivity index is -0.000000318. The summed E-state index contributed by atoms with van der Waals surface area (Å²) in [6.07, 6.45) is 18.3. The second-order valence-electron chi connectivity index (χ2n) is 20.8. The van der Waals surface area contributed by atoms with E-state index in [0.717, 1.165) is 103 Å². The van der Waals surface area contributed by atoms with E-state index in [1.807, 2.05) is 47.6 Å². The third kappa shape index (κ3) is 63.7. The van der Waals surface area contributed by atoms with Gasteiger partial charge in [0.1, 0.15) is 0 Å². The minimum atomic E-state index is -0.560. The molecule has 0 heterocycles. The average Bonchev–Trinajstić information content (AvgIpc) is 3.50. The Morgan fingerprint density at radius 3 is 1.06 bits per heavy atom. The fourth-order valence-corrected chi connectivity index (χ4v) is 5.90. The van der Waals surface area contributed by atoms with E-state index in [-0.39, 0.29) is 120 Å². The van der Waals surface area contributed by atoms with E-state index in [4.69, 9.17) is 28.4 Å². The van der Waals surface area contributed by atoms with Crippen molar-refractivity contribution in [2.24, 2.45) is 17.3 Å². The Morgan fingerprint density at radius 1 is 0.416 bits per heavy atom. The summed E-state index contributed by atoms with van der Waals surface area (Å²) in [6.45, 7) is 22.0. The fraction of sp³-hybridized carbons (Fsp3) is 0.723. The van der Waals surface area contributed by atoms with Gasteiger partial charge >= 0.3 is 71.6 Å². The summed E-state index contributed by atoms with van der Waals surface area (Å²) < 4.78 is 56.4. The number of carbonyl (C=O) groups is 12. The van der Waals surface area contributed by atoms with Gasteiger partial charge in [0.25, 0.3) is 0 Å². The molecule has 0 unspecified atom stereocenters. The molecule has 1 aliphatic carbocycles. The van der Waals surface area contributed by atoms with Crippen molar-refractivity contribution in [1.82, 2.24) is 0 Å². The number of hydrogen-bond acceptors (Lipinski definition) is 24. The Labute approximate surface area is 529 Å². The molecule has 1 aromatic rings. The Bertz CT molecular complexity index is 2060. The zero-order valence-corrected chi connectivity index (χ0v) is 55.1. The maximum Gasteiger partial charge on any atom is 0.340 e. The van der Waals surface area contributed by atoms with Crippen molar-refractivity contribution in [3.63, 3.8) is 0 Å². The van der Waals surface area contributed by atoms with Gasteiger partial charge in [0.15, 0.2) is 0 Å². The first-order valence-electron chi connectivity index (χ1n) is 30.7. The molecule has 1 aromatic carbocycles. The van der Waals surface area contributed by atoms with Crippen LogP contribution in [0.15, 0.2) is 30.3 Å². The fourth-order valence-electron chi connectivity index (χ4n) is 5.90. The number of ether oxygens (including phenoxy) is 12. The van der Waals surface area contributed by atoms with Gasteiger partial charge in [-0.2, -0.15) is 0 Å². The zero-order valence-electron chi connectivity index (χ0n) is 55.1. The van der Waals surface area contributed by atoms with E-state index in [9.17, 15) is 57.5 Å². The third-order valence-corrected chi connectivity index (χ3v) is 11.3. The van der Waals surface area contributed by atoms with Crippen molar-refractivity contribution in [2.45, 2.75) is 252 Å². The number of carbonyl (C=O) groups excluding carboxylic acids is 12. The maximum absolute atomic E-state index is 11.6. The predicted octanol–water partition coefficient (Wildman–Crippen LogP) is 13.0. The van der Waals surface area contributed by atoms with Crippen LogP contribution < -0.4 is 0 Å². The highest BCUT2D eigenvalue weighted by atomic mass is 16.7. The number of unbranched alkanes of at least 4 members (excludes halogenated alkanes) is 6. The summed E-state index contributed by atoms with van der Waals surface area (Å²) in [5.41, 5.74) is -0.118. The minimum absolute atomic E-state index is 0. The van der Waals surface area contributed by atoms with Crippen LogP contribution in [0.25, 0.3) is 0 Å². The van der Waals surface area contributed by atoms with Crippen LogP contribution in [0.2, 0.25) is 0 Å². The molecule has 0 atom stereocenters. The average molecular weight is 1280 g/mol. The molecule has 2 rings (SSSR count). The molecule has 0 N–H and O–H groups in total. The van der Waals surface area contributed by atoms with Crippen molar-refractivity contribution < 1.29 is 114 Å². The Hall–Kier alpha value is -7.14. The van der Waals surface area contributed by atoms with E-state index < -0.39 is 17.4 Å². The minimum Gasteiger partial charge on any atom is -0.428 e. The number of hydrogen-bond donors (Lipinski definition) is 0. The molecule has 0 amide bonds. The highest BCUT2D eigenvalue weighted by molar-refractivity contribution is 5.89. The molecule has 0 spiro atoms. The highest BCUT2D eigenvalue weighted by Crippen LogP contribution is 2.24. The van der Waals surface area contributed by atoms with Crippen LogP contribution in [0, 0.1) is 17.3 Å². The lowest BCUT2D eigenvalue weighted by Gasteiger charge is -2.19. The van der Waals surface area contributed by atoms with Crippen LogP contribution in [0.5, 0.6) is 0 Å². The normalized spacial score (nSPS) is 11.0. The van der Waals surface area contributed by atoms with Gasteiger partial charge in [-0.25, -0.2) is 4.79 Å². The molecule has 1 fully saturated rings. The van der Waals surface area contributed by atoms with Gasteiger partial charge in [-0.15, -0.1) is 0 Å². The molecular weight excluding hydrogens is 1160 g/mol. The van der Waals surface area contributed by atoms with Crippen LogP contribution >= 0.6 is 0 Å². The number of rotatable bonds is 34. The summed E-state index contributed by atoms with van der Waals surface area (Å²) in [5.74, 6) is -4.31. The molecule has 0 aromatic heterocycles. The van der Waals surface area contributed by atoms with Crippen molar-refractivity contribution in [3.8, 4) is 0 Å². The van der Waals surface area contributed by atoms with E-state index in [1.165, 1.54) is 13.3 Å². The molecular formula is C65H110O24. The molecule has 0 aliphatic heterocycles. The largest absolute Gasteiger partial charge is 0.428 e. The summed E-state index contributed by atoms with van der Waals surface area (Å²) in [4.78, 5) is 132. The summed E-state index contributed by atoms with van der Waals surface area (Å²) >= 11 is 0. The van der Waals surface area contributed by atoms with Gasteiger partial charge in [-0.3, -0.25) is 52.7 Å². The summed E-state index contributed by atoms with van der Waals surface area (Å²) in [5, 5.41) is 0. The van der Waals surface area contributed by atoms with E-state index in [0.29, 0.717) is 50.5 Å². The van der Waals surface area contributed by atoms with Crippen LogP contribution in [0.3, 0.4) is 0 Å². The Morgan fingerprint density at radius 2 is 0.730 bits per heavy atom. The molecule has 24 heteroatoms. The molecule has 514 valence electrons. The first-order valence-corrected chi connectivity index (χ1v) is 30.7. The topological polar surface area (TPSA) is 316 Å². The quantitative estimate of drug-likeness (QED) is 0.0351. The van der Waals surface area contributed by atoms with Gasteiger partial charge in [0, 0.05) is 51.9 Å². The van der Waals surface area contributed by atoms with Gasteiger partial charge < -0.3 is 56.8 Å². The SMILES string of the molecule is C.CCCCC(=O)OCOC(=O)C(C)(C)C.CCCCC(=O)OCOC(=O)C(C)C.CCCCC(=O)OCOC(=O)C1CCCCC1.CCCCC(=O)OCOC(=O)CC.CCCCC(=O)OCOC(=O)c1ccccc1.CCCCC(=O)OCOC(C)=O. The molecule has 24 nitrogen and oxygen atoms in total. The van der Waals surface area contributed by atoms with Crippen molar-refractivity contribution in [1.29, 1.82) is 0 Å². The Kier molecular flexibility index (Phi) is 63.6.